The second-order valence-corrected chi connectivity index (χ2v) is 7.77. The number of ether oxygens (including phenoxy) is 2. The van der Waals surface area contributed by atoms with E-state index in [1.165, 1.54) is 0 Å². The topological polar surface area (TPSA) is 79.5 Å². The van der Waals surface area contributed by atoms with Gasteiger partial charge in [0.15, 0.2) is 19.0 Å². The van der Waals surface area contributed by atoms with Crippen LogP contribution in [-0.2, 0) is 4.79 Å². The summed E-state index contributed by atoms with van der Waals surface area (Å²) in [5.74, 6) is 0.876. The van der Waals surface area contributed by atoms with Gasteiger partial charge in [0, 0.05) is 29.2 Å². The Hall–Kier alpha value is -3.36. The van der Waals surface area contributed by atoms with Gasteiger partial charge in [-0.3, -0.25) is 9.89 Å². The molecule has 2 aliphatic heterocycles. The number of anilines is 1. The first-order chi connectivity index (χ1) is 15.1. The van der Waals surface area contributed by atoms with Crippen LogP contribution in [0.3, 0.4) is 0 Å². The lowest BCUT2D eigenvalue weighted by molar-refractivity contribution is -0.123. The maximum absolute atomic E-state index is 13.8. The molecular weight excluding hydrogens is 406 g/mol. The van der Waals surface area contributed by atoms with E-state index >= 15 is 0 Å². The maximum atomic E-state index is 13.8. The zero-order valence-corrected chi connectivity index (χ0v) is 16.7. The van der Waals surface area contributed by atoms with Crippen LogP contribution in [0.5, 0.6) is 11.5 Å². The number of carbonyl (C=O) groups is 1. The van der Waals surface area contributed by atoms with E-state index in [0.29, 0.717) is 48.0 Å². The Bertz CT molecular complexity index is 1110. The number of benzene rings is 2. The van der Waals surface area contributed by atoms with Crippen molar-refractivity contribution in [1.82, 2.24) is 15.5 Å². The Morgan fingerprint density at radius 2 is 1.87 bits per heavy atom. The van der Waals surface area contributed by atoms with Gasteiger partial charge in [-0.15, -0.1) is 0 Å². The van der Waals surface area contributed by atoms with Crippen molar-refractivity contribution in [2.24, 2.45) is 0 Å². The fourth-order valence-corrected chi connectivity index (χ4v) is 3.91. The average Bonchev–Trinajstić information content (AvgIpc) is 3.34. The Balaban J connectivity index is 1.60. The number of aromatic nitrogens is 2. The van der Waals surface area contributed by atoms with Gasteiger partial charge in [-0.05, 0) is 36.8 Å². The molecule has 2 N–H and O–H groups in total. The van der Waals surface area contributed by atoms with E-state index in [-0.39, 0.29) is 25.6 Å². The zero-order valence-electron chi connectivity index (χ0n) is 16.7. The fourth-order valence-electron chi connectivity index (χ4n) is 3.91. The number of hydrogen-bond donors (Lipinski definition) is 2. The Labute approximate surface area is 177 Å². The molecule has 4 bridgehead atoms. The smallest absolute Gasteiger partial charge is 0.257 e. The minimum atomic E-state index is -1.54. The van der Waals surface area contributed by atoms with Gasteiger partial charge in [0.05, 0.1) is 25.2 Å². The molecule has 1 fully saturated rings. The summed E-state index contributed by atoms with van der Waals surface area (Å²) in [4.78, 5) is 13.7. The normalized spacial score (nSPS) is 21.9. The lowest BCUT2D eigenvalue weighted by Gasteiger charge is -2.19. The molecule has 1 amide bonds. The van der Waals surface area contributed by atoms with Crippen LogP contribution < -0.4 is 19.7 Å². The number of aromatic amines is 1. The van der Waals surface area contributed by atoms with E-state index in [0.717, 1.165) is 10.9 Å². The monoisotopic (exact) mass is 428 g/mol. The van der Waals surface area contributed by atoms with Crippen LogP contribution in [-0.4, -0.2) is 61.3 Å². The molecule has 0 spiro atoms. The standard InChI is InChI=1S/C22H22F2N4O3/c23-18-10-28(11-19(18)24)14-6-13-7-16(8-14)31-12-21(29)25-4-1-5-30-15-2-3-20-17(9-15)22(13)27-26-20/h2-3,6-9,18-19H,1,4-5,10-12H2,(H,25,29)(H,26,27)/t18-,19-/m1/s1. The predicted molar refractivity (Wildman–Crippen MR) is 112 cm³/mol. The summed E-state index contributed by atoms with van der Waals surface area (Å²) in [6.45, 7) is 0.691. The number of nitrogens with zero attached hydrogens (tertiary/aromatic N) is 2. The molecule has 1 aromatic heterocycles. The van der Waals surface area contributed by atoms with E-state index in [4.69, 9.17) is 9.47 Å². The van der Waals surface area contributed by atoms with Crippen molar-refractivity contribution in [3.05, 3.63) is 36.4 Å². The summed E-state index contributed by atoms with van der Waals surface area (Å²) in [7, 11) is 0. The van der Waals surface area contributed by atoms with Crippen LogP contribution >= 0.6 is 0 Å². The van der Waals surface area contributed by atoms with E-state index < -0.39 is 12.3 Å². The largest absolute Gasteiger partial charge is 0.494 e. The van der Waals surface area contributed by atoms with E-state index in [1.54, 1.807) is 17.0 Å². The van der Waals surface area contributed by atoms with Gasteiger partial charge in [-0.25, -0.2) is 8.78 Å². The molecule has 162 valence electrons. The Kier molecular flexibility index (Phi) is 5.09. The first-order valence-electron chi connectivity index (χ1n) is 10.3. The number of alkyl halides is 2. The summed E-state index contributed by atoms with van der Waals surface area (Å²) in [5.41, 5.74) is 2.83. The molecule has 0 unspecified atom stereocenters. The molecule has 2 aromatic carbocycles. The first-order valence-corrected chi connectivity index (χ1v) is 10.3. The highest BCUT2D eigenvalue weighted by molar-refractivity contribution is 5.94. The zero-order chi connectivity index (χ0) is 21.4. The van der Waals surface area contributed by atoms with Gasteiger partial charge in [-0.1, -0.05) is 0 Å². The average molecular weight is 428 g/mol. The van der Waals surface area contributed by atoms with Crippen LogP contribution in [0, 0.1) is 0 Å². The third-order valence-corrected chi connectivity index (χ3v) is 5.53. The molecule has 0 aliphatic carbocycles. The predicted octanol–water partition coefficient (Wildman–Crippen LogP) is 3.00. The second-order valence-electron chi connectivity index (χ2n) is 7.77. The fraction of sp³-hybridized carbons (Fsp3) is 0.364. The number of hydrogen-bond acceptors (Lipinski definition) is 5. The Morgan fingerprint density at radius 1 is 1.03 bits per heavy atom. The van der Waals surface area contributed by atoms with E-state index in [9.17, 15) is 13.6 Å². The van der Waals surface area contributed by atoms with Gasteiger partial charge < -0.3 is 19.7 Å². The second kappa shape index (κ2) is 8.05. The molecule has 3 aromatic rings. The number of amides is 1. The summed E-state index contributed by atoms with van der Waals surface area (Å²) in [6.07, 6.45) is -2.42. The summed E-state index contributed by atoms with van der Waals surface area (Å²) < 4.78 is 39.2. The minimum Gasteiger partial charge on any atom is -0.494 e. The molecular formula is C22H22F2N4O3. The van der Waals surface area contributed by atoms with Crippen molar-refractivity contribution in [3.8, 4) is 22.8 Å². The lowest BCUT2D eigenvalue weighted by Crippen LogP contribution is -2.30. The summed E-state index contributed by atoms with van der Waals surface area (Å²) in [5, 5.41) is 11.1. The molecule has 31 heavy (non-hydrogen) atoms. The highest BCUT2D eigenvalue weighted by atomic mass is 19.2. The summed E-state index contributed by atoms with van der Waals surface area (Å²) in [6, 6.07) is 11.0. The Morgan fingerprint density at radius 3 is 2.71 bits per heavy atom. The van der Waals surface area contributed by atoms with Crippen LogP contribution in [0.25, 0.3) is 22.2 Å². The van der Waals surface area contributed by atoms with E-state index in [2.05, 4.69) is 15.5 Å². The van der Waals surface area contributed by atoms with Crippen LogP contribution in [0.2, 0.25) is 0 Å². The lowest BCUT2D eigenvalue weighted by atomic mass is 10.1. The van der Waals surface area contributed by atoms with Crippen LogP contribution in [0.15, 0.2) is 36.4 Å². The first kappa shape index (κ1) is 19.6. The molecule has 7 nitrogen and oxygen atoms in total. The molecule has 0 saturated carbocycles. The van der Waals surface area contributed by atoms with Crippen LogP contribution in [0.4, 0.5) is 14.5 Å². The van der Waals surface area contributed by atoms with Gasteiger partial charge in [0.2, 0.25) is 0 Å². The van der Waals surface area contributed by atoms with Crippen molar-refractivity contribution in [2.45, 2.75) is 18.8 Å². The van der Waals surface area contributed by atoms with Crippen molar-refractivity contribution in [3.63, 3.8) is 0 Å². The number of carbonyl (C=O) groups excluding carboxylic acids is 1. The quantitative estimate of drug-likeness (QED) is 0.623. The molecule has 1 saturated heterocycles. The number of fused-ring (bicyclic) bond motifs is 4. The maximum Gasteiger partial charge on any atom is 0.257 e. The van der Waals surface area contributed by atoms with Gasteiger partial charge in [0.1, 0.15) is 17.2 Å². The van der Waals surface area contributed by atoms with Crippen molar-refractivity contribution < 1.29 is 23.0 Å². The van der Waals surface area contributed by atoms with Crippen molar-refractivity contribution >= 4 is 22.5 Å². The third kappa shape index (κ3) is 3.99. The minimum absolute atomic E-state index is 0.0378. The third-order valence-electron chi connectivity index (χ3n) is 5.53. The number of nitrogens with one attached hydrogen (secondary N) is 2. The van der Waals surface area contributed by atoms with Crippen LogP contribution in [0.1, 0.15) is 6.42 Å². The van der Waals surface area contributed by atoms with Crippen molar-refractivity contribution in [2.75, 3.05) is 37.7 Å². The molecule has 5 rings (SSSR count). The number of H-pyrrole nitrogens is 1. The molecule has 2 atom stereocenters. The molecule has 0 radical (unpaired) electrons. The molecule has 2 aliphatic rings. The van der Waals surface area contributed by atoms with Gasteiger partial charge in [-0.2, -0.15) is 5.10 Å². The highest BCUT2D eigenvalue weighted by Crippen LogP contribution is 2.36. The van der Waals surface area contributed by atoms with Gasteiger partial charge >= 0.3 is 0 Å². The van der Waals surface area contributed by atoms with Gasteiger partial charge in [0.25, 0.3) is 5.91 Å². The number of halogens is 2. The molecule has 3 heterocycles. The highest BCUT2D eigenvalue weighted by Gasteiger charge is 2.33. The van der Waals surface area contributed by atoms with Crippen molar-refractivity contribution in [1.29, 1.82) is 0 Å². The summed E-state index contributed by atoms with van der Waals surface area (Å²) >= 11 is 0. The molecule has 9 heteroatoms. The number of rotatable bonds is 1. The van der Waals surface area contributed by atoms with E-state index in [1.807, 2.05) is 24.3 Å². The SMILES string of the molecule is O=C1COc2cc(cc(N3C[C@@H](F)[C@H](F)C3)c2)-c2n[nH]c3ccc(cc23)OCCCN1.